The van der Waals surface area contributed by atoms with Crippen molar-refractivity contribution in [3.63, 3.8) is 0 Å². The van der Waals surface area contributed by atoms with Crippen LogP contribution in [0.25, 0.3) is 0 Å². The molecule has 0 radical (unpaired) electrons. The largest absolute Gasteiger partial charge is 0.392 e. The van der Waals surface area contributed by atoms with Crippen molar-refractivity contribution in [3.05, 3.63) is 35.1 Å². The van der Waals surface area contributed by atoms with E-state index >= 15 is 0 Å². The first-order valence-corrected chi connectivity index (χ1v) is 5.26. The zero-order valence-electron chi connectivity index (χ0n) is 9.59. The minimum atomic E-state index is -0.381. The molecule has 3 nitrogen and oxygen atoms in total. The number of aliphatic hydroxyl groups excluding tert-OH is 1. The van der Waals surface area contributed by atoms with E-state index in [1.165, 1.54) is 25.1 Å². The highest BCUT2D eigenvalue weighted by Crippen LogP contribution is 2.10. The Balaban J connectivity index is 2.64. The molecule has 0 atom stereocenters. The van der Waals surface area contributed by atoms with Gasteiger partial charge in [0.2, 0.25) is 5.91 Å². The first-order valence-electron chi connectivity index (χ1n) is 5.26. The van der Waals surface area contributed by atoms with Crippen LogP contribution in [-0.2, 0) is 11.4 Å². The second-order valence-corrected chi connectivity index (χ2v) is 3.49. The van der Waals surface area contributed by atoms with E-state index < -0.39 is 0 Å². The Hall–Kier alpha value is -1.86. The summed E-state index contributed by atoms with van der Waals surface area (Å²) in [6.45, 7) is 1.73. The van der Waals surface area contributed by atoms with Gasteiger partial charge in [0.25, 0.3) is 0 Å². The van der Waals surface area contributed by atoms with Gasteiger partial charge in [0.1, 0.15) is 5.82 Å². The minimum absolute atomic E-state index is 0.103. The van der Waals surface area contributed by atoms with E-state index in [9.17, 15) is 9.18 Å². The van der Waals surface area contributed by atoms with Crippen LogP contribution in [0.3, 0.4) is 0 Å². The molecule has 0 heterocycles. The lowest BCUT2D eigenvalue weighted by Crippen LogP contribution is -2.20. The second kappa shape index (κ2) is 6.66. The Labute approximate surface area is 99.7 Å². The highest BCUT2D eigenvalue weighted by molar-refractivity contribution is 5.72. The van der Waals surface area contributed by atoms with Gasteiger partial charge >= 0.3 is 0 Å². The number of aliphatic hydroxyl groups is 1. The number of nitrogens with one attached hydrogen (secondary N) is 1. The smallest absolute Gasteiger partial charge is 0.216 e. The summed E-state index contributed by atoms with van der Waals surface area (Å²) in [7, 11) is 0. The fourth-order valence-corrected chi connectivity index (χ4v) is 1.26. The molecule has 0 aliphatic heterocycles. The Morgan fingerprint density at radius 1 is 1.53 bits per heavy atom. The second-order valence-electron chi connectivity index (χ2n) is 3.49. The van der Waals surface area contributed by atoms with Crippen molar-refractivity contribution in [1.82, 2.24) is 5.32 Å². The lowest BCUT2D eigenvalue weighted by atomic mass is 10.1. The average molecular weight is 235 g/mol. The number of carbonyl (C=O) groups is 1. The van der Waals surface area contributed by atoms with Crippen molar-refractivity contribution >= 4 is 5.91 Å². The molecule has 1 aromatic carbocycles. The normalized spacial score (nSPS) is 9.35. The number of benzene rings is 1. The molecular formula is C13H14FNO2. The molecule has 17 heavy (non-hydrogen) atoms. The van der Waals surface area contributed by atoms with Crippen LogP contribution in [0.5, 0.6) is 0 Å². The summed E-state index contributed by atoms with van der Waals surface area (Å²) in [6.07, 6.45) is 0.487. The number of amides is 1. The molecule has 0 aromatic heterocycles. The van der Waals surface area contributed by atoms with Crippen LogP contribution in [0.1, 0.15) is 24.5 Å². The van der Waals surface area contributed by atoms with E-state index in [2.05, 4.69) is 17.2 Å². The molecule has 0 saturated carbocycles. The maximum absolute atomic E-state index is 13.0. The molecular weight excluding hydrogens is 221 g/mol. The lowest BCUT2D eigenvalue weighted by Gasteiger charge is -2.00. The molecule has 0 unspecified atom stereocenters. The first-order chi connectivity index (χ1) is 8.13. The van der Waals surface area contributed by atoms with Gasteiger partial charge in [0, 0.05) is 25.5 Å². The van der Waals surface area contributed by atoms with Crippen LogP contribution in [0.15, 0.2) is 18.2 Å². The topological polar surface area (TPSA) is 49.3 Å². The summed E-state index contributed by atoms with van der Waals surface area (Å²) in [5.74, 6) is 5.11. The van der Waals surface area contributed by atoms with Gasteiger partial charge in [-0.1, -0.05) is 17.9 Å². The monoisotopic (exact) mass is 235 g/mol. The van der Waals surface area contributed by atoms with Gasteiger partial charge < -0.3 is 10.4 Å². The first kappa shape index (κ1) is 13.2. The Bertz CT molecular complexity index is 460. The van der Waals surface area contributed by atoms with Gasteiger partial charge in [-0.05, 0) is 17.7 Å². The number of hydrogen-bond acceptors (Lipinski definition) is 2. The highest BCUT2D eigenvalue weighted by atomic mass is 19.1. The van der Waals surface area contributed by atoms with Crippen molar-refractivity contribution in [2.45, 2.75) is 20.0 Å². The third kappa shape index (κ3) is 4.66. The van der Waals surface area contributed by atoms with Gasteiger partial charge in [0.15, 0.2) is 0 Å². The zero-order chi connectivity index (χ0) is 12.7. The highest BCUT2D eigenvalue weighted by Gasteiger charge is 1.99. The maximum Gasteiger partial charge on any atom is 0.216 e. The number of carbonyl (C=O) groups excluding carboxylic acids is 1. The fraction of sp³-hybridized carbons (Fsp3) is 0.308. The van der Waals surface area contributed by atoms with Crippen molar-refractivity contribution in [2.75, 3.05) is 6.54 Å². The van der Waals surface area contributed by atoms with Crippen molar-refractivity contribution in [1.29, 1.82) is 0 Å². The molecule has 0 bridgehead atoms. The van der Waals surface area contributed by atoms with Crippen molar-refractivity contribution in [3.8, 4) is 11.8 Å². The van der Waals surface area contributed by atoms with E-state index in [1.807, 2.05) is 0 Å². The summed E-state index contributed by atoms with van der Waals surface area (Å²) in [5.41, 5.74) is 1.08. The molecule has 0 spiro atoms. The van der Waals surface area contributed by atoms with Crippen LogP contribution < -0.4 is 5.32 Å². The molecule has 4 heteroatoms. The van der Waals surface area contributed by atoms with Gasteiger partial charge in [-0.25, -0.2) is 4.39 Å². The van der Waals surface area contributed by atoms with Crippen LogP contribution in [0.2, 0.25) is 0 Å². The lowest BCUT2D eigenvalue weighted by molar-refractivity contribution is -0.118. The quantitative estimate of drug-likeness (QED) is 0.611. The van der Waals surface area contributed by atoms with Gasteiger partial charge in [-0.15, -0.1) is 0 Å². The zero-order valence-corrected chi connectivity index (χ0v) is 9.59. The van der Waals surface area contributed by atoms with Gasteiger partial charge in [-0.3, -0.25) is 4.79 Å². The molecule has 0 aliphatic rings. The minimum Gasteiger partial charge on any atom is -0.392 e. The molecule has 0 fully saturated rings. The fourth-order valence-electron chi connectivity index (χ4n) is 1.26. The van der Waals surface area contributed by atoms with Crippen molar-refractivity contribution < 1.29 is 14.3 Å². The summed E-state index contributed by atoms with van der Waals surface area (Å²) in [6, 6.07) is 4.08. The third-order valence-corrected chi connectivity index (χ3v) is 2.09. The van der Waals surface area contributed by atoms with E-state index in [1.54, 1.807) is 0 Å². The summed E-state index contributed by atoms with van der Waals surface area (Å²) in [4.78, 5) is 10.6. The molecule has 1 rings (SSSR count). The van der Waals surface area contributed by atoms with Gasteiger partial charge in [0.05, 0.1) is 6.61 Å². The average Bonchev–Trinajstić information content (AvgIpc) is 2.28. The van der Waals surface area contributed by atoms with Crippen molar-refractivity contribution in [2.24, 2.45) is 0 Å². The molecule has 1 aromatic rings. The van der Waals surface area contributed by atoms with E-state index in [0.717, 1.165) is 0 Å². The van der Waals surface area contributed by atoms with Crippen LogP contribution in [0, 0.1) is 17.7 Å². The Morgan fingerprint density at radius 3 is 2.94 bits per heavy atom. The van der Waals surface area contributed by atoms with Gasteiger partial charge in [-0.2, -0.15) is 0 Å². The van der Waals surface area contributed by atoms with Crippen LogP contribution in [0.4, 0.5) is 4.39 Å². The molecule has 0 aliphatic carbocycles. The predicted molar refractivity (Wildman–Crippen MR) is 62.5 cm³/mol. The number of halogens is 1. The molecule has 0 saturated heterocycles. The summed E-state index contributed by atoms with van der Waals surface area (Å²) in [5, 5.41) is 11.6. The van der Waals surface area contributed by atoms with E-state index in [0.29, 0.717) is 24.1 Å². The van der Waals surface area contributed by atoms with Crippen LogP contribution in [-0.4, -0.2) is 17.6 Å². The molecule has 90 valence electrons. The molecule has 1 amide bonds. The maximum atomic E-state index is 13.0. The number of hydrogen-bond donors (Lipinski definition) is 2. The standard InChI is InChI=1S/C13H14FNO2/c1-10(17)15-7-3-2-4-11-8-13(14)6-5-12(11)9-16/h5-6,8,16H,3,7,9H2,1H3,(H,15,17). The Kier molecular flexibility index (Phi) is 5.18. The third-order valence-electron chi connectivity index (χ3n) is 2.09. The summed E-state index contributed by atoms with van der Waals surface area (Å²) < 4.78 is 13.0. The SMILES string of the molecule is CC(=O)NCCC#Cc1cc(F)ccc1CO. The Morgan fingerprint density at radius 2 is 2.29 bits per heavy atom. The van der Waals surface area contributed by atoms with E-state index in [4.69, 9.17) is 5.11 Å². The predicted octanol–water partition coefficient (Wildman–Crippen LogP) is 1.20. The summed E-state index contributed by atoms with van der Waals surface area (Å²) >= 11 is 0. The number of rotatable bonds is 3. The molecule has 2 N–H and O–H groups in total. The van der Waals surface area contributed by atoms with E-state index in [-0.39, 0.29) is 18.3 Å². The van der Waals surface area contributed by atoms with Crippen LogP contribution >= 0.6 is 0 Å².